The van der Waals surface area contributed by atoms with Gasteiger partial charge in [-0.25, -0.2) is 8.42 Å². The molecule has 2 N–H and O–H groups in total. The number of nitrogens with one attached hydrogen (secondary N) is 1. The normalized spacial score (nSPS) is 23.1. The number of likely N-dealkylation sites (N-methyl/N-ethyl adjacent to an activating group) is 1. The van der Waals surface area contributed by atoms with E-state index in [4.69, 9.17) is 9.47 Å². The number of benzene rings is 1. The lowest BCUT2D eigenvalue weighted by Gasteiger charge is -2.36. The van der Waals surface area contributed by atoms with Crippen LogP contribution < -0.4 is 10.1 Å². The predicted octanol–water partition coefficient (Wildman–Crippen LogP) is 0.673. The fourth-order valence-corrected chi connectivity index (χ4v) is 4.78. The van der Waals surface area contributed by atoms with E-state index in [1.54, 1.807) is 26.2 Å². The van der Waals surface area contributed by atoms with Crippen LogP contribution in [0.3, 0.4) is 0 Å². The van der Waals surface area contributed by atoms with Crippen molar-refractivity contribution >= 4 is 10.0 Å². The highest BCUT2D eigenvalue weighted by Gasteiger charge is 2.37. The van der Waals surface area contributed by atoms with Gasteiger partial charge in [-0.05, 0) is 32.2 Å². The summed E-state index contributed by atoms with van der Waals surface area (Å²) in [6.07, 6.45) is -0.222. The summed E-state index contributed by atoms with van der Waals surface area (Å²) in [6, 6.07) is 4.30. The van der Waals surface area contributed by atoms with Crippen molar-refractivity contribution in [3.8, 4) is 17.6 Å². The number of aliphatic hydroxyl groups excluding tert-OH is 1. The first-order valence-electron chi connectivity index (χ1n) is 8.91. The molecule has 0 radical (unpaired) electrons. The van der Waals surface area contributed by atoms with Crippen molar-refractivity contribution < 1.29 is 23.0 Å². The van der Waals surface area contributed by atoms with E-state index in [1.807, 2.05) is 14.0 Å². The van der Waals surface area contributed by atoms with E-state index in [2.05, 4.69) is 17.2 Å². The van der Waals surface area contributed by atoms with E-state index >= 15 is 0 Å². The highest BCUT2D eigenvalue weighted by Crippen LogP contribution is 2.33. The van der Waals surface area contributed by atoms with Gasteiger partial charge in [-0.2, -0.15) is 4.31 Å². The molecule has 0 aromatic heterocycles. The first-order valence-corrected chi connectivity index (χ1v) is 10.3. The van der Waals surface area contributed by atoms with E-state index in [0.29, 0.717) is 12.1 Å². The molecule has 0 amide bonds. The summed E-state index contributed by atoms with van der Waals surface area (Å²) in [7, 11) is -0.424. The molecule has 150 valence electrons. The predicted molar refractivity (Wildman–Crippen MR) is 103 cm³/mol. The van der Waals surface area contributed by atoms with Crippen molar-refractivity contribution in [2.45, 2.75) is 30.9 Å². The van der Waals surface area contributed by atoms with Crippen LogP contribution in [0.2, 0.25) is 0 Å². The summed E-state index contributed by atoms with van der Waals surface area (Å²) in [4.78, 5) is 0.0908. The molecule has 0 fully saturated rings. The summed E-state index contributed by atoms with van der Waals surface area (Å²) in [5.41, 5.74) is 0.652. The van der Waals surface area contributed by atoms with Crippen molar-refractivity contribution in [3.05, 3.63) is 23.8 Å². The summed E-state index contributed by atoms with van der Waals surface area (Å²) in [5.74, 6) is 6.01. The van der Waals surface area contributed by atoms with Gasteiger partial charge in [-0.1, -0.05) is 18.8 Å². The average Bonchev–Trinajstić information content (AvgIpc) is 2.64. The molecule has 0 unspecified atom stereocenters. The van der Waals surface area contributed by atoms with Crippen LogP contribution in [-0.4, -0.2) is 70.4 Å². The average molecular weight is 397 g/mol. The molecule has 7 nitrogen and oxygen atoms in total. The second-order valence-electron chi connectivity index (χ2n) is 6.69. The maximum atomic E-state index is 13.2. The van der Waals surface area contributed by atoms with Gasteiger partial charge in [0.25, 0.3) is 0 Å². The Hall–Kier alpha value is -1.63. The van der Waals surface area contributed by atoms with Crippen molar-refractivity contribution in [3.63, 3.8) is 0 Å². The van der Waals surface area contributed by atoms with Gasteiger partial charge in [0.2, 0.25) is 10.0 Å². The van der Waals surface area contributed by atoms with Crippen LogP contribution in [0.4, 0.5) is 0 Å². The third kappa shape index (κ3) is 5.00. The number of hydrogen-bond acceptors (Lipinski definition) is 6. The van der Waals surface area contributed by atoms with E-state index in [9.17, 15) is 13.5 Å². The molecule has 1 aromatic rings. The summed E-state index contributed by atoms with van der Waals surface area (Å²) in [5, 5.41) is 12.7. The molecule has 0 saturated heterocycles. The zero-order chi connectivity index (χ0) is 20.0. The Morgan fingerprint density at radius 2 is 2.22 bits per heavy atom. The lowest BCUT2D eigenvalue weighted by atomic mass is 10.0. The summed E-state index contributed by atoms with van der Waals surface area (Å²) < 4.78 is 38.8. The highest BCUT2D eigenvalue weighted by molar-refractivity contribution is 7.89. The second-order valence-corrected chi connectivity index (χ2v) is 8.55. The number of rotatable bonds is 5. The zero-order valence-corrected chi connectivity index (χ0v) is 17.0. The Labute approximate surface area is 161 Å². The maximum absolute atomic E-state index is 13.2. The number of methoxy groups -OCH3 is 1. The fourth-order valence-electron chi connectivity index (χ4n) is 2.96. The van der Waals surface area contributed by atoms with Gasteiger partial charge in [0.05, 0.1) is 6.61 Å². The first-order chi connectivity index (χ1) is 12.8. The van der Waals surface area contributed by atoms with Gasteiger partial charge < -0.3 is 19.9 Å². The Bertz CT molecular complexity index is 800. The van der Waals surface area contributed by atoms with Crippen LogP contribution in [-0.2, 0) is 14.8 Å². The molecule has 27 heavy (non-hydrogen) atoms. The standard InChI is InChI=1S/C19H28N2O5S/c1-14-12-21(15(2)13-22)27(23,24)19-8-7-16(6-5-9-25-4)10-17(19)26-18(14)11-20-3/h7-8,10,14-15,18,20,22H,9,11-13H2,1-4H3/t14-,15-,18+/m0/s1. The van der Waals surface area contributed by atoms with Gasteiger partial charge in [0, 0.05) is 37.7 Å². The molecule has 1 aliphatic rings. The summed E-state index contributed by atoms with van der Waals surface area (Å²) >= 11 is 0. The van der Waals surface area contributed by atoms with Gasteiger partial charge >= 0.3 is 0 Å². The van der Waals surface area contributed by atoms with Crippen LogP contribution >= 0.6 is 0 Å². The Balaban J connectivity index is 2.56. The molecular weight excluding hydrogens is 368 g/mol. The van der Waals surface area contributed by atoms with Crippen molar-refractivity contribution in [2.24, 2.45) is 5.92 Å². The Kier molecular flexibility index (Phi) is 7.65. The highest BCUT2D eigenvalue weighted by atomic mass is 32.2. The Morgan fingerprint density at radius 1 is 1.48 bits per heavy atom. The minimum absolute atomic E-state index is 0.0717. The van der Waals surface area contributed by atoms with Crippen molar-refractivity contribution in [1.29, 1.82) is 0 Å². The third-order valence-corrected chi connectivity index (χ3v) is 6.54. The largest absolute Gasteiger partial charge is 0.487 e. The molecule has 0 aliphatic carbocycles. The monoisotopic (exact) mass is 396 g/mol. The van der Waals surface area contributed by atoms with Crippen LogP contribution in [0.1, 0.15) is 19.4 Å². The quantitative estimate of drug-likeness (QED) is 0.712. The smallest absolute Gasteiger partial charge is 0.247 e. The number of sulfonamides is 1. The van der Waals surface area contributed by atoms with E-state index in [0.717, 1.165) is 0 Å². The lowest BCUT2D eigenvalue weighted by molar-refractivity contribution is 0.103. The molecule has 8 heteroatoms. The molecule has 0 spiro atoms. The summed E-state index contributed by atoms with van der Waals surface area (Å²) in [6.45, 7) is 4.52. The van der Waals surface area contributed by atoms with E-state index in [1.165, 1.54) is 10.4 Å². The van der Waals surface area contributed by atoms with Crippen LogP contribution in [0.15, 0.2) is 23.1 Å². The molecule has 1 heterocycles. The van der Waals surface area contributed by atoms with E-state index < -0.39 is 16.1 Å². The first kappa shape index (κ1) is 21.7. The number of nitrogens with zero attached hydrogens (tertiary/aromatic N) is 1. The number of hydrogen-bond donors (Lipinski definition) is 2. The number of ether oxygens (including phenoxy) is 2. The number of fused-ring (bicyclic) bond motifs is 1. The van der Waals surface area contributed by atoms with Gasteiger partial charge in [-0.15, -0.1) is 0 Å². The molecule has 1 aromatic carbocycles. The number of aliphatic hydroxyl groups is 1. The Morgan fingerprint density at radius 3 is 2.85 bits per heavy atom. The molecule has 1 aliphatic heterocycles. The van der Waals surface area contributed by atoms with E-state index in [-0.39, 0.29) is 42.4 Å². The van der Waals surface area contributed by atoms with Crippen LogP contribution in [0.25, 0.3) is 0 Å². The van der Waals surface area contributed by atoms with Crippen LogP contribution in [0, 0.1) is 17.8 Å². The second kappa shape index (κ2) is 9.53. The minimum Gasteiger partial charge on any atom is -0.487 e. The molecule has 0 bridgehead atoms. The topological polar surface area (TPSA) is 88.1 Å². The molecule has 3 atom stereocenters. The van der Waals surface area contributed by atoms with Crippen LogP contribution in [0.5, 0.6) is 5.75 Å². The molecular formula is C19H28N2O5S. The molecule has 2 rings (SSSR count). The van der Waals surface area contributed by atoms with Crippen molar-refractivity contribution in [2.75, 3.05) is 40.5 Å². The fraction of sp³-hybridized carbons (Fsp3) is 0.579. The van der Waals surface area contributed by atoms with Gasteiger partial charge in [-0.3, -0.25) is 0 Å². The minimum atomic E-state index is -3.81. The van der Waals surface area contributed by atoms with Gasteiger partial charge in [0.1, 0.15) is 23.4 Å². The maximum Gasteiger partial charge on any atom is 0.247 e. The van der Waals surface area contributed by atoms with Gasteiger partial charge in [0.15, 0.2) is 0 Å². The SMILES string of the molecule is CNC[C@H]1Oc2cc(C#CCOC)ccc2S(=O)(=O)N([C@@H](C)CO)C[C@@H]1C. The third-order valence-electron chi connectivity index (χ3n) is 4.52. The zero-order valence-electron chi connectivity index (χ0n) is 16.2. The lowest BCUT2D eigenvalue weighted by Crippen LogP contribution is -2.49. The molecule has 0 saturated carbocycles. The van der Waals surface area contributed by atoms with Crippen molar-refractivity contribution in [1.82, 2.24) is 9.62 Å².